The molecule has 5 nitrogen and oxygen atoms in total. The minimum atomic E-state index is -1.06. The zero-order valence-corrected chi connectivity index (χ0v) is 7.15. The zero-order valence-electron chi connectivity index (χ0n) is 7.15. The molecule has 0 saturated carbocycles. The number of nitrogens with two attached hydrogens (primary N) is 1. The molecule has 0 aliphatic rings. The number of carbonyl (C=O) groups excluding carboxylic acids is 2. The van der Waals surface area contributed by atoms with Crippen molar-refractivity contribution in [2.75, 3.05) is 5.32 Å². The van der Waals surface area contributed by atoms with Crippen LogP contribution in [-0.2, 0) is 9.59 Å². The van der Waals surface area contributed by atoms with Crippen molar-refractivity contribution in [3.63, 3.8) is 0 Å². The van der Waals surface area contributed by atoms with Crippen LogP contribution in [0, 0.1) is 12.3 Å². The van der Waals surface area contributed by atoms with Gasteiger partial charge in [0.15, 0.2) is 0 Å². The summed E-state index contributed by atoms with van der Waals surface area (Å²) in [5.74, 6) is 0.620. The van der Waals surface area contributed by atoms with E-state index in [1.807, 2.05) is 0 Å². The van der Waals surface area contributed by atoms with E-state index in [4.69, 9.17) is 12.2 Å². The fourth-order valence-electron chi connectivity index (χ4n) is 0.731. The second-order valence-electron chi connectivity index (χ2n) is 2.39. The Kier molecular flexibility index (Phi) is 2.82. The van der Waals surface area contributed by atoms with Gasteiger partial charge in [-0.25, -0.2) is 4.98 Å². The molecule has 0 aliphatic heterocycles. The summed E-state index contributed by atoms with van der Waals surface area (Å²) in [6.07, 6.45) is 6.50. The minimum Gasteiger partial charge on any atom is -0.361 e. The molecule has 0 atom stereocenters. The summed E-state index contributed by atoms with van der Waals surface area (Å²) in [6, 6.07) is 3.07. The van der Waals surface area contributed by atoms with Crippen LogP contribution in [0.2, 0.25) is 0 Å². The molecule has 5 heteroatoms. The van der Waals surface area contributed by atoms with Gasteiger partial charge in [-0.3, -0.25) is 9.59 Å². The Morgan fingerprint density at radius 2 is 2.21 bits per heavy atom. The maximum absolute atomic E-state index is 10.8. The van der Waals surface area contributed by atoms with Crippen LogP contribution in [0.5, 0.6) is 0 Å². The molecule has 0 unspecified atom stereocenters. The van der Waals surface area contributed by atoms with Gasteiger partial charge in [0.05, 0.1) is 0 Å². The number of hydrogen-bond donors (Lipinski definition) is 2. The molecule has 0 aliphatic carbocycles. The molecular weight excluding hydrogens is 182 g/mol. The summed E-state index contributed by atoms with van der Waals surface area (Å²) in [4.78, 5) is 25.0. The van der Waals surface area contributed by atoms with E-state index in [1.54, 1.807) is 6.07 Å². The maximum Gasteiger partial charge on any atom is 0.314 e. The summed E-state index contributed by atoms with van der Waals surface area (Å²) < 4.78 is 0. The van der Waals surface area contributed by atoms with Crippen LogP contribution < -0.4 is 11.1 Å². The van der Waals surface area contributed by atoms with Gasteiger partial charge in [-0.2, -0.15) is 0 Å². The minimum absolute atomic E-state index is 0.229. The van der Waals surface area contributed by atoms with Gasteiger partial charge in [0.1, 0.15) is 5.82 Å². The Hall–Kier alpha value is -2.35. The van der Waals surface area contributed by atoms with Crippen molar-refractivity contribution in [3.8, 4) is 12.3 Å². The molecule has 3 N–H and O–H groups in total. The molecule has 0 fully saturated rings. The average Bonchev–Trinajstić information content (AvgIpc) is 2.19. The second-order valence-corrected chi connectivity index (χ2v) is 2.39. The van der Waals surface area contributed by atoms with E-state index in [-0.39, 0.29) is 5.82 Å². The summed E-state index contributed by atoms with van der Waals surface area (Å²) in [6.45, 7) is 0. The van der Waals surface area contributed by atoms with Crippen LogP contribution in [0.25, 0.3) is 0 Å². The Morgan fingerprint density at radius 3 is 2.64 bits per heavy atom. The van der Waals surface area contributed by atoms with E-state index in [9.17, 15) is 9.59 Å². The highest BCUT2D eigenvalue weighted by atomic mass is 16.2. The number of amides is 2. The third kappa shape index (κ3) is 2.32. The lowest BCUT2D eigenvalue weighted by molar-refractivity contribution is -0.134. The predicted molar refractivity (Wildman–Crippen MR) is 50.0 cm³/mol. The first-order valence-corrected chi connectivity index (χ1v) is 3.67. The summed E-state index contributed by atoms with van der Waals surface area (Å²) in [5.41, 5.74) is 5.31. The largest absolute Gasteiger partial charge is 0.361 e. The number of terminal acetylenes is 1. The second kappa shape index (κ2) is 4.05. The molecule has 1 rings (SSSR count). The molecule has 1 aromatic rings. The normalized spacial score (nSPS) is 8.79. The topological polar surface area (TPSA) is 85.1 Å². The molecule has 1 heterocycles. The van der Waals surface area contributed by atoms with Gasteiger partial charge in [0, 0.05) is 11.8 Å². The molecule has 70 valence electrons. The van der Waals surface area contributed by atoms with E-state index >= 15 is 0 Å². The van der Waals surface area contributed by atoms with Crippen LogP contribution >= 0.6 is 0 Å². The first-order chi connectivity index (χ1) is 6.63. The van der Waals surface area contributed by atoms with Gasteiger partial charge < -0.3 is 11.1 Å². The quantitative estimate of drug-likeness (QED) is 0.460. The third-order valence-electron chi connectivity index (χ3n) is 1.40. The van der Waals surface area contributed by atoms with Gasteiger partial charge in [-0.15, -0.1) is 6.42 Å². The molecule has 2 amide bonds. The van der Waals surface area contributed by atoms with Crippen molar-refractivity contribution >= 4 is 17.6 Å². The molecule has 0 saturated heterocycles. The molecule has 14 heavy (non-hydrogen) atoms. The van der Waals surface area contributed by atoms with E-state index in [1.165, 1.54) is 12.3 Å². The number of hydrogen-bond acceptors (Lipinski definition) is 3. The summed E-state index contributed by atoms with van der Waals surface area (Å²) in [7, 11) is 0. The lowest BCUT2D eigenvalue weighted by Gasteiger charge is -2.00. The van der Waals surface area contributed by atoms with Gasteiger partial charge in [-0.1, -0.05) is 5.92 Å². The number of carbonyl (C=O) groups is 2. The van der Waals surface area contributed by atoms with Gasteiger partial charge in [0.2, 0.25) is 0 Å². The first-order valence-electron chi connectivity index (χ1n) is 3.67. The molecule has 0 radical (unpaired) electrons. The summed E-state index contributed by atoms with van der Waals surface area (Å²) in [5, 5.41) is 2.20. The number of primary amides is 1. The Bertz CT molecular complexity index is 403. The number of anilines is 1. The van der Waals surface area contributed by atoms with Gasteiger partial charge in [-0.05, 0) is 12.1 Å². The van der Waals surface area contributed by atoms with Crippen molar-refractivity contribution in [2.45, 2.75) is 0 Å². The maximum atomic E-state index is 10.8. The fourth-order valence-corrected chi connectivity index (χ4v) is 0.731. The number of nitrogens with zero attached hydrogens (tertiary/aromatic N) is 1. The average molecular weight is 189 g/mol. The highest BCUT2D eigenvalue weighted by molar-refractivity contribution is 6.38. The monoisotopic (exact) mass is 189 g/mol. The van der Waals surface area contributed by atoms with Crippen LogP contribution in [-0.4, -0.2) is 16.8 Å². The van der Waals surface area contributed by atoms with Crippen LogP contribution in [0.4, 0.5) is 5.82 Å². The van der Waals surface area contributed by atoms with E-state index in [0.29, 0.717) is 5.56 Å². The van der Waals surface area contributed by atoms with Crippen molar-refractivity contribution in [1.82, 2.24) is 4.98 Å². The number of aromatic nitrogens is 1. The SMILES string of the molecule is C#Cc1ccc(NC(=O)C(N)=O)nc1. The van der Waals surface area contributed by atoms with Crippen molar-refractivity contribution in [2.24, 2.45) is 5.73 Å². The molecule has 0 bridgehead atoms. The van der Waals surface area contributed by atoms with Gasteiger partial charge >= 0.3 is 11.8 Å². The van der Waals surface area contributed by atoms with Crippen molar-refractivity contribution in [3.05, 3.63) is 23.9 Å². The Balaban J connectivity index is 2.75. The smallest absolute Gasteiger partial charge is 0.314 e. The lowest BCUT2D eigenvalue weighted by Crippen LogP contribution is -2.29. The number of nitrogens with one attached hydrogen (secondary N) is 1. The third-order valence-corrected chi connectivity index (χ3v) is 1.40. The number of pyridine rings is 1. The molecule has 0 aromatic carbocycles. The standard InChI is InChI=1S/C9H7N3O2/c1-2-6-3-4-7(11-5-6)12-9(14)8(10)13/h1,3-5H,(H2,10,13)(H,11,12,14). The van der Waals surface area contributed by atoms with Crippen molar-refractivity contribution < 1.29 is 9.59 Å². The highest BCUT2D eigenvalue weighted by Crippen LogP contribution is 2.03. The van der Waals surface area contributed by atoms with Crippen LogP contribution in [0.3, 0.4) is 0 Å². The van der Waals surface area contributed by atoms with Crippen molar-refractivity contribution in [1.29, 1.82) is 0 Å². The van der Waals surface area contributed by atoms with Gasteiger partial charge in [0.25, 0.3) is 0 Å². The fraction of sp³-hybridized carbons (Fsp3) is 0. The van der Waals surface area contributed by atoms with E-state index in [2.05, 4.69) is 16.2 Å². The first kappa shape index (κ1) is 9.74. The summed E-state index contributed by atoms with van der Waals surface area (Å²) >= 11 is 0. The molecular formula is C9H7N3O2. The van der Waals surface area contributed by atoms with E-state index < -0.39 is 11.8 Å². The lowest BCUT2D eigenvalue weighted by atomic mass is 10.3. The molecule has 1 aromatic heterocycles. The zero-order chi connectivity index (χ0) is 10.6. The number of rotatable bonds is 1. The predicted octanol–water partition coefficient (Wildman–Crippen LogP) is -0.513. The Labute approximate surface area is 80.3 Å². The molecule has 0 spiro atoms. The van der Waals surface area contributed by atoms with E-state index in [0.717, 1.165) is 0 Å². The van der Waals surface area contributed by atoms with Crippen LogP contribution in [0.1, 0.15) is 5.56 Å². The highest BCUT2D eigenvalue weighted by Gasteiger charge is 2.08. The Morgan fingerprint density at radius 1 is 1.50 bits per heavy atom. The van der Waals surface area contributed by atoms with Crippen LogP contribution in [0.15, 0.2) is 18.3 Å².